The minimum Gasteiger partial charge on any atom is -0.437 e. The van der Waals surface area contributed by atoms with Crippen LogP contribution in [0.15, 0.2) is 35.0 Å². The van der Waals surface area contributed by atoms with Gasteiger partial charge >= 0.3 is 0 Å². The maximum absolute atomic E-state index is 5.44. The van der Waals surface area contributed by atoms with Crippen molar-refractivity contribution in [3.63, 3.8) is 0 Å². The average molecular weight is 235 g/mol. The largest absolute Gasteiger partial charge is 0.437 e. The zero-order chi connectivity index (χ0) is 12.1. The molecule has 3 heterocycles. The molecule has 1 aliphatic rings. The maximum atomic E-state index is 5.44. The van der Waals surface area contributed by atoms with Gasteiger partial charge in [0.2, 0.25) is 5.55 Å². The highest BCUT2D eigenvalue weighted by atomic mass is 16.3. The summed E-state index contributed by atoms with van der Waals surface area (Å²) >= 11 is 0. The van der Waals surface area contributed by atoms with Crippen molar-refractivity contribution >= 4 is 35.1 Å². The van der Waals surface area contributed by atoms with E-state index in [0.717, 1.165) is 33.3 Å². The summed E-state index contributed by atoms with van der Waals surface area (Å²) in [5.74, 6) is 0. The van der Waals surface area contributed by atoms with Crippen LogP contribution in [0, 0.1) is 0 Å². The Balaban J connectivity index is 2.08. The average Bonchev–Trinajstić information content (AvgIpc) is 2.72. The molecule has 18 heavy (non-hydrogen) atoms. The SMILES string of the molecule is C=c1nc2cc3c(cc2o1)=Cc1cnccc1N3. The van der Waals surface area contributed by atoms with Crippen LogP contribution in [0.2, 0.25) is 0 Å². The molecule has 0 unspecified atom stereocenters. The highest BCUT2D eigenvalue weighted by molar-refractivity contribution is 5.85. The van der Waals surface area contributed by atoms with Crippen molar-refractivity contribution in [3.8, 4) is 0 Å². The van der Waals surface area contributed by atoms with Gasteiger partial charge in [-0.1, -0.05) is 0 Å². The van der Waals surface area contributed by atoms with Crippen LogP contribution in [0.5, 0.6) is 0 Å². The first-order valence-electron chi connectivity index (χ1n) is 5.62. The van der Waals surface area contributed by atoms with Crippen LogP contribution in [-0.4, -0.2) is 9.97 Å². The van der Waals surface area contributed by atoms with Crippen LogP contribution in [-0.2, 0) is 0 Å². The Kier molecular flexibility index (Phi) is 1.67. The summed E-state index contributed by atoms with van der Waals surface area (Å²) in [5.41, 5.74) is 5.15. The lowest BCUT2D eigenvalue weighted by Crippen LogP contribution is -2.13. The van der Waals surface area contributed by atoms with E-state index in [-0.39, 0.29) is 0 Å². The van der Waals surface area contributed by atoms with Gasteiger partial charge in [-0.2, -0.15) is 0 Å². The van der Waals surface area contributed by atoms with Gasteiger partial charge in [-0.3, -0.25) is 4.98 Å². The number of nitrogens with one attached hydrogen (secondary N) is 1. The minimum absolute atomic E-state index is 0.437. The summed E-state index contributed by atoms with van der Waals surface area (Å²) < 4.78 is 5.44. The standard InChI is InChI=1S/C14H9N3O/c1-8-16-13-6-12-9(5-14(13)18-8)4-10-7-15-3-2-11(10)17-12/h2-7,17H,1H2. The van der Waals surface area contributed by atoms with Gasteiger partial charge < -0.3 is 9.73 Å². The second-order valence-electron chi connectivity index (χ2n) is 4.25. The lowest BCUT2D eigenvalue weighted by Gasteiger charge is -2.14. The highest BCUT2D eigenvalue weighted by Gasteiger charge is 2.10. The Bertz CT molecular complexity index is 880. The minimum atomic E-state index is 0.437. The number of benzene rings is 1. The van der Waals surface area contributed by atoms with Crippen molar-refractivity contribution in [2.24, 2.45) is 0 Å². The van der Waals surface area contributed by atoms with Crippen molar-refractivity contribution in [3.05, 3.63) is 46.9 Å². The molecule has 0 atom stereocenters. The van der Waals surface area contributed by atoms with E-state index in [0.29, 0.717) is 5.55 Å². The molecule has 0 amide bonds. The van der Waals surface area contributed by atoms with E-state index in [1.165, 1.54) is 0 Å². The number of oxazole rings is 1. The van der Waals surface area contributed by atoms with Crippen molar-refractivity contribution < 1.29 is 4.42 Å². The summed E-state index contributed by atoms with van der Waals surface area (Å²) in [5, 5.41) is 4.44. The van der Waals surface area contributed by atoms with Crippen molar-refractivity contribution in [1.29, 1.82) is 0 Å². The van der Waals surface area contributed by atoms with E-state index in [9.17, 15) is 0 Å². The molecule has 0 spiro atoms. The first-order valence-corrected chi connectivity index (χ1v) is 5.62. The predicted octanol–water partition coefficient (Wildman–Crippen LogP) is 1.52. The fourth-order valence-electron chi connectivity index (χ4n) is 2.21. The third-order valence-corrected chi connectivity index (χ3v) is 3.04. The molecule has 0 bridgehead atoms. The summed E-state index contributed by atoms with van der Waals surface area (Å²) in [6.45, 7) is 3.71. The topological polar surface area (TPSA) is 51.0 Å². The highest BCUT2D eigenvalue weighted by Crippen LogP contribution is 2.24. The molecule has 4 rings (SSSR count). The summed E-state index contributed by atoms with van der Waals surface area (Å²) in [6, 6.07) is 5.90. The third kappa shape index (κ3) is 1.26. The number of aromatic nitrogens is 2. The summed E-state index contributed by atoms with van der Waals surface area (Å²) in [4.78, 5) is 8.35. The Hall–Kier alpha value is -2.62. The molecule has 0 fully saturated rings. The molecule has 4 nitrogen and oxygen atoms in total. The molecule has 1 aliphatic heterocycles. The Morgan fingerprint density at radius 3 is 3.11 bits per heavy atom. The van der Waals surface area contributed by atoms with Crippen LogP contribution in [0.25, 0.3) is 23.8 Å². The number of nitrogens with zero attached hydrogens (tertiary/aromatic N) is 2. The number of fused-ring (bicyclic) bond motifs is 3. The summed E-state index contributed by atoms with van der Waals surface area (Å²) in [6.07, 6.45) is 5.69. The lowest BCUT2D eigenvalue weighted by molar-refractivity contribution is 0.563. The van der Waals surface area contributed by atoms with E-state index < -0.39 is 0 Å². The smallest absolute Gasteiger partial charge is 0.212 e. The monoisotopic (exact) mass is 235 g/mol. The summed E-state index contributed by atoms with van der Waals surface area (Å²) in [7, 11) is 0. The molecule has 4 heteroatoms. The fraction of sp³-hybridized carbons (Fsp3) is 0. The first kappa shape index (κ1) is 9.41. The number of rotatable bonds is 0. The van der Waals surface area contributed by atoms with E-state index in [4.69, 9.17) is 4.42 Å². The van der Waals surface area contributed by atoms with E-state index in [1.54, 1.807) is 6.20 Å². The Labute approximate surface area is 102 Å². The van der Waals surface area contributed by atoms with Crippen LogP contribution in [0.4, 0.5) is 11.4 Å². The van der Waals surface area contributed by atoms with Gasteiger partial charge in [0.05, 0.1) is 0 Å². The van der Waals surface area contributed by atoms with Gasteiger partial charge in [-0.05, 0) is 30.9 Å². The molecular formula is C14H9N3O. The molecule has 1 N–H and O–H groups in total. The zero-order valence-corrected chi connectivity index (χ0v) is 9.47. The van der Waals surface area contributed by atoms with Crippen LogP contribution in [0.1, 0.15) is 5.56 Å². The third-order valence-electron chi connectivity index (χ3n) is 3.04. The van der Waals surface area contributed by atoms with Crippen molar-refractivity contribution in [2.75, 3.05) is 5.32 Å². The molecule has 2 aromatic heterocycles. The Morgan fingerprint density at radius 2 is 2.17 bits per heavy atom. The maximum Gasteiger partial charge on any atom is 0.212 e. The molecule has 0 radical (unpaired) electrons. The van der Waals surface area contributed by atoms with Gasteiger partial charge in [0.15, 0.2) is 5.58 Å². The Morgan fingerprint density at radius 1 is 1.22 bits per heavy atom. The second-order valence-corrected chi connectivity index (χ2v) is 4.25. The molecular weight excluding hydrogens is 226 g/mol. The molecule has 1 aromatic carbocycles. The molecule has 86 valence electrons. The van der Waals surface area contributed by atoms with Gasteiger partial charge in [-0.15, -0.1) is 0 Å². The number of anilines is 2. The van der Waals surface area contributed by atoms with Crippen LogP contribution >= 0.6 is 0 Å². The van der Waals surface area contributed by atoms with Gasteiger partial charge in [0.1, 0.15) is 5.52 Å². The number of hydrogen-bond donors (Lipinski definition) is 1. The van der Waals surface area contributed by atoms with E-state index in [1.807, 2.05) is 24.4 Å². The number of hydrogen-bond acceptors (Lipinski definition) is 4. The van der Waals surface area contributed by atoms with Crippen LogP contribution < -0.4 is 16.1 Å². The van der Waals surface area contributed by atoms with Crippen molar-refractivity contribution in [1.82, 2.24) is 9.97 Å². The zero-order valence-electron chi connectivity index (χ0n) is 9.47. The van der Waals surface area contributed by atoms with Gasteiger partial charge in [0.25, 0.3) is 0 Å². The van der Waals surface area contributed by atoms with Gasteiger partial charge in [-0.25, -0.2) is 4.98 Å². The molecule has 0 saturated carbocycles. The van der Waals surface area contributed by atoms with Crippen LogP contribution in [0.3, 0.4) is 0 Å². The molecule has 3 aromatic rings. The molecule has 0 saturated heterocycles. The van der Waals surface area contributed by atoms with E-state index in [2.05, 4.69) is 27.9 Å². The van der Waals surface area contributed by atoms with E-state index >= 15 is 0 Å². The quantitative estimate of drug-likeness (QED) is 0.502. The predicted molar refractivity (Wildman–Crippen MR) is 69.9 cm³/mol. The lowest BCUT2D eigenvalue weighted by atomic mass is 10.1. The second kappa shape index (κ2) is 3.20. The number of pyridine rings is 1. The molecule has 0 aliphatic carbocycles. The van der Waals surface area contributed by atoms with Crippen molar-refractivity contribution in [2.45, 2.75) is 0 Å². The fourth-order valence-corrected chi connectivity index (χ4v) is 2.21. The van der Waals surface area contributed by atoms with Gasteiger partial charge in [0, 0.05) is 34.6 Å². The normalized spacial score (nSPS) is 12.4. The first-order chi connectivity index (χ1) is 8.79.